The Morgan fingerprint density at radius 1 is 1.47 bits per heavy atom. The number of likely N-dealkylation sites (N-methyl/N-ethyl adjacent to an activating group) is 1. The van der Waals surface area contributed by atoms with Crippen molar-refractivity contribution in [3.8, 4) is 0 Å². The van der Waals surface area contributed by atoms with Gasteiger partial charge in [-0.1, -0.05) is 15.9 Å². The van der Waals surface area contributed by atoms with Crippen LogP contribution >= 0.6 is 15.9 Å². The zero-order chi connectivity index (χ0) is 14.2. The quantitative estimate of drug-likeness (QED) is 0.894. The van der Waals surface area contributed by atoms with Crippen molar-refractivity contribution in [1.82, 2.24) is 4.90 Å². The van der Waals surface area contributed by atoms with Crippen LogP contribution in [0.15, 0.2) is 22.7 Å². The average Bonchev–Trinajstić information content (AvgIpc) is 2.32. The number of hydrogen-bond acceptors (Lipinski definition) is 3. The molecule has 5 nitrogen and oxygen atoms in total. The highest BCUT2D eigenvalue weighted by Crippen LogP contribution is 2.27. The van der Waals surface area contributed by atoms with Crippen LogP contribution in [0.1, 0.15) is 5.56 Å². The second-order valence-corrected chi connectivity index (χ2v) is 5.60. The molecular weight excluding hydrogens is 312 g/mol. The highest BCUT2D eigenvalue weighted by molar-refractivity contribution is 9.10. The Hall–Kier alpha value is -1.56. The normalized spacial score (nSPS) is 19.7. The monoisotopic (exact) mass is 326 g/mol. The molecule has 2 rings (SSSR count). The zero-order valence-electron chi connectivity index (χ0n) is 10.8. The van der Waals surface area contributed by atoms with Crippen LogP contribution in [0.4, 0.5) is 5.69 Å². The van der Waals surface area contributed by atoms with E-state index < -0.39 is 12.0 Å². The number of amides is 1. The first-order valence-electron chi connectivity index (χ1n) is 5.89. The van der Waals surface area contributed by atoms with E-state index in [1.165, 1.54) is 4.90 Å². The highest BCUT2D eigenvalue weighted by Gasteiger charge is 2.35. The first kappa shape index (κ1) is 13.9. The molecule has 1 amide bonds. The van der Waals surface area contributed by atoms with Crippen LogP contribution in [0.25, 0.3) is 0 Å². The summed E-state index contributed by atoms with van der Waals surface area (Å²) in [7, 11) is 1.63. The Morgan fingerprint density at radius 3 is 2.74 bits per heavy atom. The Bertz CT molecular complexity index is 533. The molecule has 6 heteroatoms. The fourth-order valence-electron chi connectivity index (χ4n) is 2.24. The van der Waals surface area contributed by atoms with Gasteiger partial charge in [0.25, 0.3) is 0 Å². The van der Waals surface area contributed by atoms with Crippen molar-refractivity contribution in [3.63, 3.8) is 0 Å². The van der Waals surface area contributed by atoms with Crippen LogP contribution in [-0.2, 0) is 9.59 Å². The number of nitrogens with zero attached hydrogens (tertiary/aromatic N) is 2. The lowest BCUT2D eigenvalue weighted by atomic mass is 10.1. The smallest absolute Gasteiger partial charge is 0.328 e. The van der Waals surface area contributed by atoms with E-state index in [1.807, 2.05) is 25.1 Å². The Labute approximate surface area is 119 Å². The summed E-state index contributed by atoms with van der Waals surface area (Å²) in [6.07, 6.45) is 0. The minimum atomic E-state index is -0.915. The standard InChI is InChI=1S/C13H15BrN2O3/c1-8-5-9(14)3-4-10(8)16-7-12(17)15(2)6-11(16)13(18)19/h3-5,11H,6-7H2,1-2H3,(H,18,19). The lowest BCUT2D eigenvalue weighted by Gasteiger charge is -2.39. The van der Waals surface area contributed by atoms with E-state index in [-0.39, 0.29) is 19.0 Å². The maximum atomic E-state index is 11.8. The first-order chi connectivity index (χ1) is 8.90. The predicted octanol–water partition coefficient (Wildman–Crippen LogP) is 1.49. The fraction of sp³-hybridized carbons (Fsp3) is 0.385. The molecule has 0 bridgehead atoms. The topological polar surface area (TPSA) is 60.9 Å². The van der Waals surface area contributed by atoms with Crippen molar-refractivity contribution in [3.05, 3.63) is 28.2 Å². The van der Waals surface area contributed by atoms with Gasteiger partial charge in [0.15, 0.2) is 0 Å². The molecule has 1 saturated heterocycles. The van der Waals surface area contributed by atoms with Crippen LogP contribution in [0, 0.1) is 6.92 Å². The van der Waals surface area contributed by atoms with E-state index in [0.29, 0.717) is 0 Å². The number of anilines is 1. The number of aliphatic carboxylic acids is 1. The molecule has 1 aliphatic heterocycles. The molecular formula is C13H15BrN2O3. The van der Waals surface area contributed by atoms with Crippen molar-refractivity contribution >= 4 is 33.5 Å². The molecule has 1 aromatic carbocycles. The number of benzene rings is 1. The van der Waals surface area contributed by atoms with Crippen molar-refractivity contribution in [2.45, 2.75) is 13.0 Å². The summed E-state index contributed by atoms with van der Waals surface area (Å²) in [5.41, 5.74) is 1.73. The van der Waals surface area contributed by atoms with Gasteiger partial charge in [0, 0.05) is 17.2 Å². The molecule has 0 saturated carbocycles. The lowest BCUT2D eigenvalue weighted by molar-refractivity contribution is -0.141. The van der Waals surface area contributed by atoms with Gasteiger partial charge < -0.3 is 14.9 Å². The molecule has 0 aliphatic carbocycles. The second kappa shape index (κ2) is 5.21. The fourth-order valence-corrected chi connectivity index (χ4v) is 2.72. The molecule has 1 fully saturated rings. The number of carboxylic acids is 1. The molecule has 1 heterocycles. The third-order valence-corrected chi connectivity index (χ3v) is 3.80. The molecule has 0 spiro atoms. The van der Waals surface area contributed by atoms with Crippen LogP contribution in [0.2, 0.25) is 0 Å². The molecule has 1 unspecified atom stereocenters. The van der Waals surface area contributed by atoms with E-state index in [4.69, 9.17) is 0 Å². The number of carbonyl (C=O) groups excluding carboxylic acids is 1. The minimum absolute atomic E-state index is 0.0696. The van der Waals surface area contributed by atoms with Gasteiger partial charge >= 0.3 is 5.97 Å². The van der Waals surface area contributed by atoms with E-state index in [9.17, 15) is 14.7 Å². The minimum Gasteiger partial charge on any atom is -0.480 e. The molecule has 1 atom stereocenters. The van der Waals surface area contributed by atoms with Gasteiger partial charge in [0.05, 0.1) is 13.1 Å². The highest BCUT2D eigenvalue weighted by atomic mass is 79.9. The SMILES string of the molecule is Cc1cc(Br)ccc1N1CC(=O)N(C)CC1C(=O)O. The summed E-state index contributed by atoms with van der Waals surface area (Å²) in [4.78, 5) is 26.3. The van der Waals surface area contributed by atoms with Crippen molar-refractivity contribution in [2.75, 3.05) is 25.0 Å². The van der Waals surface area contributed by atoms with Gasteiger partial charge in [-0.2, -0.15) is 0 Å². The maximum Gasteiger partial charge on any atom is 0.328 e. The summed E-state index contributed by atoms with van der Waals surface area (Å²) < 4.78 is 0.932. The molecule has 1 N–H and O–H groups in total. The van der Waals surface area contributed by atoms with E-state index in [2.05, 4.69) is 15.9 Å². The Kier molecular flexibility index (Phi) is 3.80. The second-order valence-electron chi connectivity index (χ2n) is 4.69. The molecule has 0 aromatic heterocycles. The Balaban J connectivity index is 2.39. The number of hydrogen-bond donors (Lipinski definition) is 1. The average molecular weight is 327 g/mol. The number of halogens is 1. The predicted molar refractivity (Wildman–Crippen MR) is 75.3 cm³/mol. The van der Waals surface area contributed by atoms with E-state index >= 15 is 0 Å². The van der Waals surface area contributed by atoms with Crippen LogP contribution in [0.5, 0.6) is 0 Å². The largest absolute Gasteiger partial charge is 0.480 e. The first-order valence-corrected chi connectivity index (χ1v) is 6.69. The molecule has 0 radical (unpaired) electrons. The van der Waals surface area contributed by atoms with Gasteiger partial charge in [-0.05, 0) is 30.7 Å². The summed E-state index contributed by atoms with van der Waals surface area (Å²) in [5, 5.41) is 9.33. The van der Waals surface area contributed by atoms with Crippen LogP contribution < -0.4 is 4.90 Å². The van der Waals surface area contributed by atoms with Crippen LogP contribution in [-0.4, -0.2) is 48.1 Å². The molecule has 102 valence electrons. The summed E-state index contributed by atoms with van der Waals surface area (Å²) in [5.74, 6) is -0.985. The third kappa shape index (κ3) is 2.73. The summed E-state index contributed by atoms with van der Waals surface area (Å²) >= 11 is 3.38. The summed E-state index contributed by atoms with van der Waals surface area (Å²) in [6.45, 7) is 2.20. The van der Waals surface area contributed by atoms with Gasteiger partial charge in [0.2, 0.25) is 5.91 Å². The van der Waals surface area contributed by atoms with Gasteiger partial charge in [-0.15, -0.1) is 0 Å². The van der Waals surface area contributed by atoms with Crippen molar-refractivity contribution in [2.24, 2.45) is 0 Å². The van der Waals surface area contributed by atoms with Gasteiger partial charge in [0.1, 0.15) is 6.04 Å². The summed E-state index contributed by atoms with van der Waals surface area (Å²) in [6, 6.07) is 4.90. The molecule has 1 aliphatic rings. The lowest BCUT2D eigenvalue weighted by Crippen LogP contribution is -2.58. The zero-order valence-corrected chi connectivity index (χ0v) is 12.3. The van der Waals surface area contributed by atoms with Gasteiger partial charge in [-0.3, -0.25) is 4.79 Å². The van der Waals surface area contributed by atoms with Crippen LogP contribution in [0.3, 0.4) is 0 Å². The maximum absolute atomic E-state index is 11.8. The van der Waals surface area contributed by atoms with E-state index in [0.717, 1.165) is 15.7 Å². The molecule has 1 aromatic rings. The Morgan fingerprint density at radius 2 is 2.16 bits per heavy atom. The van der Waals surface area contributed by atoms with Crippen molar-refractivity contribution < 1.29 is 14.7 Å². The number of piperazine rings is 1. The third-order valence-electron chi connectivity index (χ3n) is 3.31. The van der Waals surface area contributed by atoms with Crippen molar-refractivity contribution in [1.29, 1.82) is 0 Å². The number of carbonyl (C=O) groups is 2. The van der Waals surface area contributed by atoms with E-state index in [1.54, 1.807) is 11.9 Å². The molecule has 19 heavy (non-hydrogen) atoms. The number of carboxylic acid groups (broad SMARTS) is 1. The number of rotatable bonds is 2. The number of aryl methyl sites for hydroxylation is 1. The van der Waals surface area contributed by atoms with Gasteiger partial charge in [-0.25, -0.2) is 4.79 Å².